The molecule has 25 heavy (non-hydrogen) atoms. The molecule has 7 nitrogen and oxygen atoms in total. The summed E-state index contributed by atoms with van der Waals surface area (Å²) >= 11 is 0. The highest BCUT2D eigenvalue weighted by atomic mass is 16.6. The van der Waals surface area contributed by atoms with Gasteiger partial charge in [0.15, 0.2) is 0 Å². The Bertz CT molecular complexity index is 732. The molecule has 0 amide bonds. The van der Waals surface area contributed by atoms with Gasteiger partial charge in [-0.25, -0.2) is 4.98 Å². The van der Waals surface area contributed by atoms with E-state index in [1.807, 2.05) is 18.2 Å². The summed E-state index contributed by atoms with van der Waals surface area (Å²) in [6.45, 7) is 2.54. The molecule has 0 bridgehead atoms. The van der Waals surface area contributed by atoms with Crippen LogP contribution in [0.4, 0.5) is 11.5 Å². The molecular weight excluding hydrogens is 320 g/mol. The predicted molar refractivity (Wildman–Crippen MR) is 95.9 cm³/mol. The largest absolute Gasteiger partial charge is 0.496 e. The van der Waals surface area contributed by atoms with Gasteiger partial charge in [-0.15, -0.1) is 0 Å². The zero-order valence-electron chi connectivity index (χ0n) is 14.2. The quantitative estimate of drug-likeness (QED) is 0.614. The van der Waals surface area contributed by atoms with E-state index in [-0.39, 0.29) is 11.7 Å². The molecule has 0 spiro atoms. The van der Waals surface area contributed by atoms with Crippen molar-refractivity contribution in [1.82, 2.24) is 9.88 Å². The molecule has 1 N–H and O–H groups in total. The summed E-state index contributed by atoms with van der Waals surface area (Å²) < 4.78 is 5.52. The molecule has 1 aromatic heterocycles. The van der Waals surface area contributed by atoms with Crippen molar-refractivity contribution in [3.05, 3.63) is 58.3 Å². The molecule has 0 aliphatic carbocycles. The summed E-state index contributed by atoms with van der Waals surface area (Å²) in [5.41, 5.74) is 1.07. The van der Waals surface area contributed by atoms with E-state index in [0.717, 1.165) is 37.2 Å². The van der Waals surface area contributed by atoms with Crippen LogP contribution < -0.4 is 10.1 Å². The van der Waals surface area contributed by atoms with E-state index in [0.29, 0.717) is 12.4 Å². The van der Waals surface area contributed by atoms with Crippen LogP contribution in [0.5, 0.6) is 5.75 Å². The van der Waals surface area contributed by atoms with Gasteiger partial charge in [0.05, 0.1) is 18.1 Å². The van der Waals surface area contributed by atoms with E-state index < -0.39 is 4.92 Å². The van der Waals surface area contributed by atoms with Crippen LogP contribution in [0, 0.1) is 10.1 Å². The second kappa shape index (κ2) is 7.94. The lowest BCUT2D eigenvalue weighted by atomic mass is 10.0. The molecule has 1 aliphatic rings. The average Bonchev–Trinajstić information content (AvgIpc) is 3.17. The van der Waals surface area contributed by atoms with Gasteiger partial charge in [-0.1, -0.05) is 18.2 Å². The number of ether oxygens (including phenoxy) is 1. The molecule has 1 atom stereocenters. The van der Waals surface area contributed by atoms with Crippen molar-refractivity contribution in [1.29, 1.82) is 0 Å². The number of pyridine rings is 1. The topological polar surface area (TPSA) is 80.5 Å². The first-order chi connectivity index (χ1) is 12.2. The number of aromatic nitrogens is 1. The number of nitro groups is 1. The van der Waals surface area contributed by atoms with E-state index in [1.54, 1.807) is 19.4 Å². The van der Waals surface area contributed by atoms with Gasteiger partial charge < -0.3 is 10.1 Å². The van der Waals surface area contributed by atoms with Gasteiger partial charge in [-0.2, -0.15) is 0 Å². The van der Waals surface area contributed by atoms with Crippen molar-refractivity contribution in [3.63, 3.8) is 0 Å². The van der Waals surface area contributed by atoms with Gasteiger partial charge in [0.1, 0.15) is 5.75 Å². The normalized spacial score (nSPS) is 15.7. The van der Waals surface area contributed by atoms with Crippen LogP contribution in [0.25, 0.3) is 0 Å². The molecule has 1 aromatic carbocycles. The molecule has 132 valence electrons. The molecule has 1 saturated heterocycles. The van der Waals surface area contributed by atoms with Gasteiger partial charge in [0, 0.05) is 24.4 Å². The lowest BCUT2D eigenvalue weighted by Gasteiger charge is -2.29. The summed E-state index contributed by atoms with van der Waals surface area (Å²) in [6.07, 6.45) is 3.88. The standard InChI is InChI=1S/C18H22N4O3/c1-25-17-9-3-2-7-14(17)16(21-11-4-5-12-21)13-20-18-15(22(23)24)8-6-10-19-18/h2-3,6-10,16H,4-5,11-13H2,1H3,(H,19,20). The first-order valence-electron chi connectivity index (χ1n) is 8.41. The molecule has 0 saturated carbocycles. The summed E-state index contributed by atoms with van der Waals surface area (Å²) in [5, 5.41) is 14.4. The smallest absolute Gasteiger partial charge is 0.311 e. The minimum Gasteiger partial charge on any atom is -0.496 e. The maximum absolute atomic E-state index is 11.2. The third kappa shape index (κ3) is 3.88. The first kappa shape index (κ1) is 17.2. The summed E-state index contributed by atoms with van der Waals surface area (Å²) in [4.78, 5) is 17.3. The van der Waals surface area contributed by atoms with Crippen molar-refractivity contribution >= 4 is 11.5 Å². The predicted octanol–water partition coefficient (Wildman–Crippen LogP) is 3.25. The highest BCUT2D eigenvalue weighted by Gasteiger charge is 2.26. The number of likely N-dealkylation sites (tertiary alicyclic amines) is 1. The van der Waals surface area contributed by atoms with Crippen LogP contribution in [0.1, 0.15) is 24.4 Å². The lowest BCUT2D eigenvalue weighted by molar-refractivity contribution is -0.384. The van der Waals surface area contributed by atoms with E-state index in [2.05, 4.69) is 21.3 Å². The minimum absolute atomic E-state index is 0.0114. The summed E-state index contributed by atoms with van der Waals surface area (Å²) in [6, 6.07) is 11.0. The first-order valence-corrected chi connectivity index (χ1v) is 8.41. The molecule has 3 rings (SSSR count). The van der Waals surface area contributed by atoms with Gasteiger partial charge in [-0.3, -0.25) is 15.0 Å². The number of benzene rings is 1. The number of hydrogen-bond acceptors (Lipinski definition) is 6. The summed E-state index contributed by atoms with van der Waals surface area (Å²) in [7, 11) is 1.66. The number of methoxy groups -OCH3 is 1. The molecule has 1 unspecified atom stereocenters. The monoisotopic (exact) mass is 342 g/mol. The molecule has 2 aromatic rings. The Morgan fingerprint density at radius 2 is 2.04 bits per heavy atom. The molecule has 1 aliphatic heterocycles. The Morgan fingerprint density at radius 3 is 2.76 bits per heavy atom. The maximum Gasteiger partial charge on any atom is 0.311 e. The third-order valence-electron chi connectivity index (χ3n) is 4.53. The van der Waals surface area contributed by atoms with E-state index in [9.17, 15) is 10.1 Å². The van der Waals surface area contributed by atoms with E-state index in [4.69, 9.17) is 4.74 Å². The van der Waals surface area contributed by atoms with Crippen molar-refractivity contribution in [2.24, 2.45) is 0 Å². The van der Waals surface area contributed by atoms with Crippen LogP contribution in [-0.2, 0) is 0 Å². The number of anilines is 1. The van der Waals surface area contributed by atoms with Crippen molar-refractivity contribution in [2.45, 2.75) is 18.9 Å². The fourth-order valence-electron chi connectivity index (χ4n) is 3.30. The zero-order valence-corrected chi connectivity index (χ0v) is 14.2. The molecule has 2 heterocycles. The third-order valence-corrected chi connectivity index (χ3v) is 4.53. The van der Waals surface area contributed by atoms with Crippen molar-refractivity contribution in [3.8, 4) is 5.75 Å². The average molecular weight is 342 g/mol. The Morgan fingerprint density at radius 1 is 1.28 bits per heavy atom. The van der Waals surface area contributed by atoms with Gasteiger partial charge in [-0.05, 0) is 38.1 Å². The molecular formula is C18H22N4O3. The fraction of sp³-hybridized carbons (Fsp3) is 0.389. The molecule has 1 fully saturated rings. The summed E-state index contributed by atoms with van der Waals surface area (Å²) in [5.74, 6) is 1.13. The van der Waals surface area contributed by atoms with Crippen LogP contribution >= 0.6 is 0 Å². The number of para-hydroxylation sites is 1. The van der Waals surface area contributed by atoms with Crippen LogP contribution in [0.2, 0.25) is 0 Å². The Balaban J connectivity index is 1.85. The fourth-order valence-corrected chi connectivity index (χ4v) is 3.30. The van der Waals surface area contributed by atoms with Gasteiger partial charge in [0.2, 0.25) is 5.82 Å². The van der Waals surface area contributed by atoms with Gasteiger partial charge in [0.25, 0.3) is 0 Å². The Labute approximate surface area is 146 Å². The second-order valence-electron chi connectivity index (χ2n) is 6.01. The number of rotatable bonds is 7. The van der Waals surface area contributed by atoms with Crippen molar-refractivity contribution in [2.75, 3.05) is 32.1 Å². The van der Waals surface area contributed by atoms with Crippen LogP contribution in [-0.4, -0.2) is 41.6 Å². The second-order valence-corrected chi connectivity index (χ2v) is 6.01. The maximum atomic E-state index is 11.2. The van der Waals surface area contributed by atoms with Crippen LogP contribution in [0.3, 0.4) is 0 Å². The number of nitrogens with one attached hydrogen (secondary N) is 1. The Hall–Kier alpha value is -2.67. The number of nitrogens with zero attached hydrogens (tertiary/aromatic N) is 3. The SMILES string of the molecule is COc1ccccc1C(CNc1ncccc1[N+](=O)[O-])N1CCCC1. The highest BCUT2D eigenvalue weighted by Crippen LogP contribution is 2.32. The highest BCUT2D eigenvalue weighted by molar-refractivity contribution is 5.55. The molecule has 0 radical (unpaired) electrons. The number of hydrogen-bond donors (Lipinski definition) is 1. The zero-order chi connectivity index (χ0) is 17.6. The van der Waals surface area contributed by atoms with Gasteiger partial charge >= 0.3 is 5.69 Å². The van der Waals surface area contributed by atoms with Crippen LogP contribution in [0.15, 0.2) is 42.6 Å². The van der Waals surface area contributed by atoms with E-state index >= 15 is 0 Å². The lowest BCUT2D eigenvalue weighted by Crippen LogP contribution is -2.31. The molecule has 7 heteroatoms. The Kier molecular flexibility index (Phi) is 5.45. The van der Waals surface area contributed by atoms with E-state index in [1.165, 1.54) is 6.07 Å². The minimum atomic E-state index is -0.413. The van der Waals surface area contributed by atoms with Crippen molar-refractivity contribution < 1.29 is 9.66 Å².